The summed E-state index contributed by atoms with van der Waals surface area (Å²) in [5.74, 6) is 0.276. The number of phenolic OH excluding ortho intramolecular Hbond substituents is 1. The molecule has 0 saturated heterocycles. The van der Waals surface area contributed by atoms with Crippen LogP contribution < -0.4 is 0 Å². The molecule has 19 heavy (non-hydrogen) atoms. The fraction of sp³-hybridized carbons (Fsp3) is 0.0667. The highest BCUT2D eigenvalue weighted by Gasteiger charge is 2.08. The second-order valence-electron chi connectivity index (χ2n) is 3.75. The van der Waals surface area contributed by atoms with E-state index in [4.69, 9.17) is 23.2 Å². The van der Waals surface area contributed by atoms with Gasteiger partial charge in [0.15, 0.2) is 0 Å². The molecular formula is C15H14Cl2O2. The van der Waals surface area contributed by atoms with Crippen LogP contribution in [0.3, 0.4) is 0 Å². The summed E-state index contributed by atoms with van der Waals surface area (Å²) < 4.78 is 0.0697. The van der Waals surface area contributed by atoms with E-state index in [1.54, 1.807) is 31.2 Å². The molecule has 1 aromatic carbocycles. The molecule has 1 aromatic rings. The fourth-order valence-corrected chi connectivity index (χ4v) is 1.87. The van der Waals surface area contributed by atoms with Gasteiger partial charge in [0.1, 0.15) is 16.0 Å². The predicted molar refractivity (Wildman–Crippen MR) is 81.4 cm³/mol. The third-order valence-corrected chi connectivity index (χ3v) is 2.80. The van der Waals surface area contributed by atoms with E-state index in [0.717, 1.165) is 5.56 Å². The highest BCUT2D eigenvalue weighted by molar-refractivity contribution is 6.59. The lowest BCUT2D eigenvalue weighted by molar-refractivity contribution is 0.431. The normalized spacial score (nSPS) is 11.6. The predicted octanol–water partition coefficient (Wildman–Crippen LogP) is 5.11. The molecule has 4 heteroatoms. The molecule has 0 amide bonds. The Hall–Kier alpha value is -1.64. The first-order valence-electron chi connectivity index (χ1n) is 5.53. The van der Waals surface area contributed by atoms with Crippen LogP contribution >= 0.6 is 23.2 Å². The van der Waals surface area contributed by atoms with Gasteiger partial charge in [-0.1, -0.05) is 48.0 Å². The van der Waals surface area contributed by atoms with Crippen molar-refractivity contribution in [3.05, 3.63) is 70.5 Å². The van der Waals surface area contributed by atoms with Crippen molar-refractivity contribution < 1.29 is 10.2 Å². The summed E-state index contributed by atoms with van der Waals surface area (Å²) >= 11 is 11.7. The summed E-state index contributed by atoms with van der Waals surface area (Å²) in [6.45, 7) is 5.58. The minimum Gasteiger partial charge on any atom is -0.508 e. The van der Waals surface area contributed by atoms with Gasteiger partial charge >= 0.3 is 0 Å². The lowest BCUT2D eigenvalue weighted by Crippen LogP contribution is -1.88. The van der Waals surface area contributed by atoms with E-state index >= 15 is 0 Å². The van der Waals surface area contributed by atoms with Gasteiger partial charge in [-0.2, -0.15) is 0 Å². The Morgan fingerprint density at radius 2 is 1.74 bits per heavy atom. The monoisotopic (exact) mass is 296 g/mol. The second-order valence-corrected chi connectivity index (χ2v) is 4.70. The molecule has 0 aliphatic heterocycles. The van der Waals surface area contributed by atoms with Gasteiger partial charge in [-0.05, 0) is 42.3 Å². The van der Waals surface area contributed by atoms with Crippen molar-refractivity contribution in [2.24, 2.45) is 0 Å². The van der Waals surface area contributed by atoms with Gasteiger partial charge in [0, 0.05) is 5.57 Å². The smallest absolute Gasteiger partial charge is 0.115 e. The van der Waals surface area contributed by atoms with Gasteiger partial charge in [0.05, 0.1) is 0 Å². The van der Waals surface area contributed by atoms with E-state index in [0.29, 0.717) is 11.1 Å². The molecule has 0 aromatic heterocycles. The Balaban J connectivity index is 3.11. The second kappa shape index (κ2) is 7.07. The van der Waals surface area contributed by atoms with Crippen molar-refractivity contribution in [2.45, 2.75) is 6.92 Å². The maximum Gasteiger partial charge on any atom is 0.115 e. The molecule has 1 rings (SSSR count). The SMILES string of the molecule is C=C(/C=C\C(O)=C/C)C(=C(Cl)Cl)c1ccc(O)cc1. The summed E-state index contributed by atoms with van der Waals surface area (Å²) in [6, 6.07) is 6.44. The first kappa shape index (κ1) is 15.4. The summed E-state index contributed by atoms with van der Waals surface area (Å²) in [5, 5.41) is 18.6. The van der Waals surface area contributed by atoms with Crippen molar-refractivity contribution >= 4 is 28.8 Å². The Morgan fingerprint density at radius 3 is 2.21 bits per heavy atom. The van der Waals surface area contributed by atoms with Crippen LogP contribution in [0.15, 0.2) is 64.9 Å². The van der Waals surface area contributed by atoms with Gasteiger partial charge in [-0.25, -0.2) is 0 Å². The molecule has 0 aliphatic rings. The van der Waals surface area contributed by atoms with Crippen LogP contribution in [-0.4, -0.2) is 10.2 Å². The summed E-state index contributed by atoms with van der Waals surface area (Å²) in [6.07, 6.45) is 4.66. The maximum atomic E-state index is 9.35. The first-order valence-corrected chi connectivity index (χ1v) is 6.28. The summed E-state index contributed by atoms with van der Waals surface area (Å²) in [5.41, 5.74) is 1.83. The van der Waals surface area contributed by atoms with E-state index in [9.17, 15) is 10.2 Å². The lowest BCUT2D eigenvalue weighted by atomic mass is 10.00. The van der Waals surface area contributed by atoms with Gasteiger partial charge < -0.3 is 10.2 Å². The Morgan fingerprint density at radius 1 is 1.16 bits per heavy atom. The molecular weight excluding hydrogens is 283 g/mol. The third kappa shape index (κ3) is 4.51. The lowest BCUT2D eigenvalue weighted by Gasteiger charge is -2.08. The molecule has 0 radical (unpaired) electrons. The summed E-state index contributed by atoms with van der Waals surface area (Å²) in [4.78, 5) is 0. The average molecular weight is 297 g/mol. The first-order chi connectivity index (χ1) is 8.95. The number of aromatic hydroxyl groups is 1. The van der Waals surface area contributed by atoms with Gasteiger partial charge in [0.25, 0.3) is 0 Å². The van der Waals surface area contributed by atoms with Crippen molar-refractivity contribution in [3.8, 4) is 5.75 Å². The molecule has 2 N–H and O–H groups in total. The minimum absolute atomic E-state index is 0.0697. The number of aliphatic hydroxyl groups is 1. The molecule has 0 fully saturated rings. The topological polar surface area (TPSA) is 40.5 Å². The van der Waals surface area contributed by atoms with Gasteiger partial charge in [-0.3, -0.25) is 0 Å². The number of rotatable bonds is 4. The van der Waals surface area contributed by atoms with E-state index < -0.39 is 0 Å². The van der Waals surface area contributed by atoms with E-state index in [1.807, 2.05) is 0 Å². The zero-order valence-corrected chi connectivity index (χ0v) is 11.9. The minimum atomic E-state index is 0.0697. The number of halogens is 2. The molecule has 0 heterocycles. The zero-order chi connectivity index (χ0) is 14.4. The quantitative estimate of drug-likeness (QED) is 0.598. The highest BCUT2D eigenvalue weighted by Crippen LogP contribution is 2.31. The van der Waals surface area contributed by atoms with E-state index in [-0.39, 0.29) is 16.0 Å². The third-order valence-electron chi connectivity index (χ3n) is 2.42. The summed E-state index contributed by atoms with van der Waals surface area (Å²) in [7, 11) is 0. The number of hydrogen-bond acceptors (Lipinski definition) is 2. The van der Waals surface area contributed by atoms with Crippen LogP contribution in [0.25, 0.3) is 5.57 Å². The Kier molecular flexibility index (Phi) is 5.74. The van der Waals surface area contributed by atoms with Crippen molar-refractivity contribution in [2.75, 3.05) is 0 Å². The molecule has 0 atom stereocenters. The molecule has 100 valence electrons. The van der Waals surface area contributed by atoms with Crippen LogP contribution in [0.2, 0.25) is 0 Å². The zero-order valence-electron chi connectivity index (χ0n) is 10.4. The average Bonchev–Trinajstić information content (AvgIpc) is 2.38. The molecule has 0 aliphatic carbocycles. The number of phenols is 1. The Bertz CT molecular complexity index is 548. The standard InChI is InChI=1S/C15H14Cl2O2/c1-3-12(18)7-4-10(2)14(15(16)17)11-5-8-13(19)9-6-11/h3-9,18-19H,2H2,1H3/b7-4-,12-3+. The van der Waals surface area contributed by atoms with E-state index in [1.165, 1.54) is 18.2 Å². The van der Waals surface area contributed by atoms with Crippen molar-refractivity contribution in [3.63, 3.8) is 0 Å². The van der Waals surface area contributed by atoms with E-state index in [2.05, 4.69) is 6.58 Å². The highest BCUT2D eigenvalue weighted by atomic mass is 35.5. The molecule has 2 nitrogen and oxygen atoms in total. The number of aliphatic hydroxyl groups excluding tert-OH is 1. The van der Waals surface area contributed by atoms with Crippen molar-refractivity contribution in [1.29, 1.82) is 0 Å². The molecule has 0 spiro atoms. The number of benzene rings is 1. The van der Waals surface area contributed by atoms with Crippen LogP contribution in [0.1, 0.15) is 12.5 Å². The fourth-order valence-electron chi connectivity index (χ4n) is 1.41. The number of hydrogen-bond donors (Lipinski definition) is 2. The van der Waals surface area contributed by atoms with Crippen LogP contribution in [-0.2, 0) is 0 Å². The molecule has 0 bridgehead atoms. The maximum absolute atomic E-state index is 9.35. The number of allylic oxidation sites excluding steroid dienone is 5. The largest absolute Gasteiger partial charge is 0.508 e. The van der Waals surface area contributed by atoms with Gasteiger partial charge in [0.2, 0.25) is 0 Å². The van der Waals surface area contributed by atoms with Crippen LogP contribution in [0, 0.1) is 0 Å². The van der Waals surface area contributed by atoms with Gasteiger partial charge in [-0.15, -0.1) is 0 Å². The molecule has 0 unspecified atom stereocenters. The molecule has 0 saturated carbocycles. The van der Waals surface area contributed by atoms with Crippen LogP contribution in [0.4, 0.5) is 0 Å². The van der Waals surface area contributed by atoms with Crippen molar-refractivity contribution in [1.82, 2.24) is 0 Å². The Labute approximate surface area is 122 Å². The van der Waals surface area contributed by atoms with Crippen LogP contribution in [0.5, 0.6) is 5.75 Å².